The minimum atomic E-state index is -1.07. The monoisotopic (exact) mass is 217 g/mol. The molecule has 0 atom stereocenters. The smallest absolute Gasteiger partial charge is 0.407 e. The van der Waals surface area contributed by atoms with Crippen molar-refractivity contribution >= 4 is 12.1 Å². The van der Waals surface area contributed by atoms with Gasteiger partial charge < -0.3 is 15.2 Å². The lowest BCUT2D eigenvalue weighted by Gasteiger charge is -2.38. The molecule has 0 aliphatic heterocycles. The molecule has 0 fully saturated rings. The molecule has 0 saturated heterocycles. The van der Waals surface area contributed by atoms with E-state index in [9.17, 15) is 9.59 Å². The molecule has 0 rings (SSSR count). The minimum Gasteiger partial charge on any atom is -0.481 e. The third-order valence-electron chi connectivity index (χ3n) is 2.79. The Morgan fingerprint density at radius 2 is 1.73 bits per heavy atom. The van der Waals surface area contributed by atoms with Crippen molar-refractivity contribution in [3.8, 4) is 0 Å². The Labute approximate surface area is 89.8 Å². The Bertz CT molecular complexity index is 258. The Morgan fingerprint density at radius 1 is 1.27 bits per heavy atom. The highest BCUT2D eigenvalue weighted by atomic mass is 16.5. The normalized spacial score (nSPS) is 12.1. The maximum absolute atomic E-state index is 11.2. The summed E-state index contributed by atoms with van der Waals surface area (Å²) in [5, 5.41) is 11.6. The zero-order valence-electron chi connectivity index (χ0n) is 9.88. The fraction of sp³-hybridized carbons (Fsp3) is 0.800. The first kappa shape index (κ1) is 13.7. The molecule has 2 N–H and O–H groups in total. The van der Waals surface area contributed by atoms with Crippen LogP contribution in [0.25, 0.3) is 0 Å². The van der Waals surface area contributed by atoms with Crippen LogP contribution in [0, 0.1) is 5.41 Å². The van der Waals surface area contributed by atoms with E-state index in [-0.39, 0.29) is 6.61 Å². The molecule has 0 heterocycles. The van der Waals surface area contributed by atoms with Crippen LogP contribution in [0.3, 0.4) is 0 Å². The van der Waals surface area contributed by atoms with Crippen molar-refractivity contribution in [2.75, 3.05) is 6.61 Å². The van der Waals surface area contributed by atoms with Gasteiger partial charge in [-0.2, -0.15) is 0 Å². The molecule has 0 aromatic rings. The van der Waals surface area contributed by atoms with Crippen LogP contribution in [-0.2, 0) is 9.53 Å². The molecule has 0 aliphatic rings. The van der Waals surface area contributed by atoms with E-state index < -0.39 is 23.0 Å². The summed E-state index contributed by atoms with van der Waals surface area (Å²) >= 11 is 0. The summed E-state index contributed by atoms with van der Waals surface area (Å²) in [4.78, 5) is 22.2. The molecule has 15 heavy (non-hydrogen) atoms. The molecule has 5 heteroatoms. The van der Waals surface area contributed by atoms with Gasteiger partial charge in [-0.05, 0) is 34.6 Å². The number of carboxylic acids is 1. The molecule has 5 nitrogen and oxygen atoms in total. The molecule has 88 valence electrons. The number of amides is 1. The second-order valence-electron chi connectivity index (χ2n) is 4.40. The SMILES string of the molecule is CCOC(=O)NC(C)(C)C(C)(C)C(=O)O. The van der Waals surface area contributed by atoms with Gasteiger partial charge in [-0.3, -0.25) is 4.79 Å². The first-order valence-electron chi connectivity index (χ1n) is 4.83. The van der Waals surface area contributed by atoms with Gasteiger partial charge in [0.05, 0.1) is 17.6 Å². The first-order chi connectivity index (χ1) is 6.65. The largest absolute Gasteiger partial charge is 0.481 e. The number of hydrogen-bond donors (Lipinski definition) is 2. The van der Waals surface area contributed by atoms with Crippen molar-refractivity contribution in [1.29, 1.82) is 0 Å². The maximum atomic E-state index is 11.2. The first-order valence-corrected chi connectivity index (χ1v) is 4.83. The standard InChI is InChI=1S/C10H19NO4/c1-6-15-8(14)11-10(4,5)9(2,3)7(12)13/h6H2,1-5H3,(H,11,14)(H,12,13). The average Bonchev–Trinajstić information content (AvgIpc) is 2.02. The quantitative estimate of drug-likeness (QED) is 0.750. The van der Waals surface area contributed by atoms with Crippen LogP contribution >= 0.6 is 0 Å². The minimum absolute atomic E-state index is 0.259. The van der Waals surface area contributed by atoms with Crippen molar-refractivity contribution in [3.05, 3.63) is 0 Å². The van der Waals surface area contributed by atoms with Crippen molar-refractivity contribution in [2.45, 2.75) is 40.2 Å². The van der Waals surface area contributed by atoms with E-state index in [2.05, 4.69) is 5.32 Å². The van der Waals surface area contributed by atoms with Gasteiger partial charge in [0, 0.05) is 0 Å². The predicted molar refractivity (Wildman–Crippen MR) is 55.7 cm³/mol. The third-order valence-corrected chi connectivity index (χ3v) is 2.79. The highest BCUT2D eigenvalue weighted by Crippen LogP contribution is 2.30. The zero-order valence-corrected chi connectivity index (χ0v) is 9.88. The molecule has 0 unspecified atom stereocenters. The van der Waals surface area contributed by atoms with Crippen LogP contribution in [0.1, 0.15) is 34.6 Å². The van der Waals surface area contributed by atoms with Crippen molar-refractivity contribution < 1.29 is 19.4 Å². The number of hydrogen-bond acceptors (Lipinski definition) is 3. The topological polar surface area (TPSA) is 75.6 Å². The Kier molecular flexibility index (Phi) is 4.13. The van der Waals surface area contributed by atoms with Gasteiger partial charge in [0.15, 0.2) is 0 Å². The van der Waals surface area contributed by atoms with Gasteiger partial charge in [-0.25, -0.2) is 4.79 Å². The molecular formula is C10H19NO4. The lowest BCUT2D eigenvalue weighted by molar-refractivity contribution is -0.150. The summed E-state index contributed by atoms with van der Waals surface area (Å²) in [6.07, 6.45) is -0.600. The summed E-state index contributed by atoms with van der Waals surface area (Å²) in [6.45, 7) is 8.36. The van der Waals surface area contributed by atoms with E-state index in [1.807, 2.05) is 0 Å². The van der Waals surface area contributed by atoms with Crippen LogP contribution in [0.4, 0.5) is 4.79 Å². The Balaban J connectivity index is 4.68. The van der Waals surface area contributed by atoms with E-state index in [1.54, 1.807) is 34.6 Å². The number of ether oxygens (including phenoxy) is 1. The number of aliphatic carboxylic acids is 1. The predicted octanol–water partition coefficient (Wildman–Crippen LogP) is 1.62. The Hall–Kier alpha value is -1.26. The van der Waals surface area contributed by atoms with Gasteiger partial charge in [0.2, 0.25) is 0 Å². The molecule has 0 aromatic carbocycles. The molecule has 0 aliphatic carbocycles. The van der Waals surface area contributed by atoms with Gasteiger partial charge >= 0.3 is 12.1 Å². The summed E-state index contributed by atoms with van der Waals surface area (Å²) in [5.74, 6) is -0.968. The summed E-state index contributed by atoms with van der Waals surface area (Å²) < 4.78 is 4.71. The van der Waals surface area contributed by atoms with E-state index in [0.29, 0.717) is 0 Å². The van der Waals surface area contributed by atoms with Gasteiger partial charge in [0.25, 0.3) is 0 Å². The number of rotatable bonds is 4. The van der Waals surface area contributed by atoms with E-state index >= 15 is 0 Å². The highest BCUT2D eigenvalue weighted by Gasteiger charge is 2.44. The lowest BCUT2D eigenvalue weighted by atomic mass is 9.74. The van der Waals surface area contributed by atoms with Crippen molar-refractivity contribution in [2.24, 2.45) is 5.41 Å². The summed E-state index contributed by atoms with van der Waals surface area (Å²) in [5.41, 5.74) is -1.95. The van der Waals surface area contributed by atoms with Gasteiger partial charge in [0.1, 0.15) is 0 Å². The van der Waals surface area contributed by atoms with E-state index in [0.717, 1.165) is 0 Å². The molecule has 0 aromatic heterocycles. The zero-order chi connectivity index (χ0) is 12.3. The summed E-state index contributed by atoms with van der Waals surface area (Å²) in [7, 11) is 0. The third kappa shape index (κ3) is 3.11. The maximum Gasteiger partial charge on any atom is 0.407 e. The van der Waals surface area contributed by atoms with Crippen LogP contribution in [0.2, 0.25) is 0 Å². The molecule has 0 saturated carbocycles. The number of nitrogens with one attached hydrogen (secondary N) is 1. The summed E-state index contributed by atoms with van der Waals surface area (Å²) in [6, 6.07) is 0. The van der Waals surface area contributed by atoms with Crippen LogP contribution < -0.4 is 5.32 Å². The second-order valence-corrected chi connectivity index (χ2v) is 4.40. The molecule has 0 bridgehead atoms. The molecule has 0 radical (unpaired) electrons. The van der Waals surface area contributed by atoms with E-state index in [1.165, 1.54) is 0 Å². The highest BCUT2D eigenvalue weighted by molar-refractivity contribution is 5.77. The van der Waals surface area contributed by atoms with E-state index in [4.69, 9.17) is 9.84 Å². The fourth-order valence-corrected chi connectivity index (χ4v) is 0.846. The van der Waals surface area contributed by atoms with Crippen LogP contribution in [0.5, 0.6) is 0 Å². The van der Waals surface area contributed by atoms with Crippen molar-refractivity contribution in [3.63, 3.8) is 0 Å². The Morgan fingerprint density at radius 3 is 2.07 bits per heavy atom. The number of carbonyl (C=O) groups excluding carboxylic acids is 1. The fourth-order valence-electron chi connectivity index (χ4n) is 0.846. The number of carboxylic acid groups (broad SMARTS) is 1. The van der Waals surface area contributed by atoms with Crippen LogP contribution in [-0.4, -0.2) is 29.3 Å². The molecule has 1 amide bonds. The van der Waals surface area contributed by atoms with Crippen molar-refractivity contribution in [1.82, 2.24) is 5.32 Å². The lowest BCUT2D eigenvalue weighted by Crippen LogP contribution is -2.57. The average molecular weight is 217 g/mol. The number of carbonyl (C=O) groups is 2. The van der Waals surface area contributed by atoms with Gasteiger partial charge in [-0.1, -0.05) is 0 Å². The van der Waals surface area contributed by atoms with Crippen LogP contribution in [0.15, 0.2) is 0 Å². The molecule has 0 spiro atoms. The molecular weight excluding hydrogens is 198 g/mol. The second kappa shape index (κ2) is 4.51. The number of alkyl carbamates (subject to hydrolysis) is 1. The van der Waals surface area contributed by atoms with Gasteiger partial charge in [-0.15, -0.1) is 0 Å².